The molecule has 0 aliphatic rings. The van der Waals surface area contributed by atoms with Gasteiger partial charge in [0.25, 0.3) is 5.91 Å². The van der Waals surface area contributed by atoms with E-state index in [-0.39, 0.29) is 11.8 Å². The van der Waals surface area contributed by atoms with Crippen LogP contribution >= 0.6 is 11.6 Å². The van der Waals surface area contributed by atoms with Gasteiger partial charge >= 0.3 is 0 Å². The first-order valence-corrected chi connectivity index (χ1v) is 8.52. The van der Waals surface area contributed by atoms with E-state index in [9.17, 15) is 9.59 Å². The van der Waals surface area contributed by atoms with Crippen molar-refractivity contribution in [3.05, 3.63) is 29.3 Å². The van der Waals surface area contributed by atoms with Crippen LogP contribution in [0, 0.1) is 5.92 Å². The molecule has 0 spiro atoms. The van der Waals surface area contributed by atoms with E-state index in [0.29, 0.717) is 35.3 Å². The van der Waals surface area contributed by atoms with E-state index < -0.39 is 6.04 Å². The lowest BCUT2D eigenvalue weighted by atomic mass is 10.2. The number of carbonyl (C=O) groups is 2. The standard InChI is InChI=1S/C16H23ClN6O2/c1-5-13(23-9-11(17)7-20-23)15(24)21-12-8-19-22(4)14(12)16(25)18-6-10(2)3/h7-10,13H,5-6H2,1-4H3,(H,18,25)(H,21,24). The van der Waals surface area contributed by atoms with Crippen LogP contribution in [-0.4, -0.2) is 37.9 Å². The van der Waals surface area contributed by atoms with Gasteiger partial charge in [0.15, 0.2) is 0 Å². The summed E-state index contributed by atoms with van der Waals surface area (Å²) in [6, 6.07) is -0.528. The van der Waals surface area contributed by atoms with Crippen LogP contribution in [0.2, 0.25) is 5.02 Å². The lowest BCUT2D eigenvalue weighted by Gasteiger charge is -2.16. The topological polar surface area (TPSA) is 93.8 Å². The number of amides is 2. The van der Waals surface area contributed by atoms with Gasteiger partial charge in [0.1, 0.15) is 11.7 Å². The van der Waals surface area contributed by atoms with Crippen molar-refractivity contribution in [2.45, 2.75) is 33.2 Å². The lowest BCUT2D eigenvalue weighted by molar-refractivity contribution is -0.119. The van der Waals surface area contributed by atoms with E-state index in [4.69, 9.17) is 11.6 Å². The molecule has 8 nitrogen and oxygen atoms in total. The van der Waals surface area contributed by atoms with Gasteiger partial charge in [-0.05, 0) is 12.3 Å². The predicted molar refractivity (Wildman–Crippen MR) is 95.6 cm³/mol. The molecule has 2 aromatic heterocycles. The summed E-state index contributed by atoms with van der Waals surface area (Å²) < 4.78 is 2.95. The largest absolute Gasteiger partial charge is 0.350 e. The Balaban J connectivity index is 2.16. The number of aryl methyl sites for hydroxylation is 1. The minimum Gasteiger partial charge on any atom is -0.350 e. The van der Waals surface area contributed by atoms with Gasteiger partial charge in [-0.2, -0.15) is 10.2 Å². The van der Waals surface area contributed by atoms with Crippen molar-refractivity contribution in [2.24, 2.45) is 13.0 Å². The first-order valence-electron chi connectivity index (χ1n) is 8.14. The number of nitrogens with one attached hydrogen (secondary N) is 2. The third-order valence-corrected chi connectivity index (χ3v) is 3.86. The normalized spacial score (nSPS) is 12.2. The van der Waals surface area contributed by atoms with Crippen LogP contribution in [0.4, 0.5) is 5.69 Å². The molecule has 0 aromatic carbocycles. The van der Waals surface area contributed by atoms with Gasteiger partial charge in [-0.3, -0.25) is 19.0 Å². The van der Waals surface area contributed by atoms with E-state index in [1.165, 1.54) is 21.8 Å². The molecule has 0 bridgehead atoms. The molecule has 9 heteroatoms. The highest BCUT2D eigenvalue weighted by Gasteiger charge is 2.24. The zero-order chi connectivity index (χ0) is 18.6. The molecule has 2 N–H and O–H groups in total. The number of nitrogens with zero attached hydrogens (tertiary/aromatic N) is 4. The van der Waals surface area contributed by atoms with E-state index in [1.807, 2.05) is 20.8 Å². The summed E-state index contributed by atoms with van der Waals surface area (Å²) in [4.78, 5) is 25.0. The first-order chi connectivity index (χ1) is 11.8. The van der Waals surface area contributed by atoms with Crippen LogP contribution in [0.1, 0.15) is 43.7 Å². The molecular weight excluding hydrogens is 344 g/mol. The Bertz CT molecular complexity index is 752. The van der Waals surface area contributed by atoms with Crippen molar-refractivity contribution in [1.29, 1.82) is 0 Å². The number of aromatic nitrogens is 4. The Hall–Kier alpha value is -2.35. The van der Waals surface area contributed by atoms with E-state index >= 15 is 0 Å². The quantitative estimate of drug-likeness (QED) is 0.785. The Morgan fingerprint density at radius 1 is 1.28 bits per heavy atom. The number of anilines is 1. The van der Waals surface area contributed by atoms with Crippen LogP contribution in [0.15, 0.2) is 18.6 Å². The minimum atomic E-state index is -0.528. The molecule has 0 radical (unpaired) electrons. The Kier molecular flexibility index (Phi) is 6.19. The number of carbonyl (C=O) groups excluding carboxylic acids is 2. The third kappa shape index (κ3) is 4.60. The van der Waals surface area contributed by atoms with Gasteiger partial charge in [0.05, 0.1) is 23.1 Å². The van der Waals surface area contributed by atoms with Crippen molar-refractivity contribution in [2.75, 3.05) is 11.9 Å². The van der Waals surface area contributed by atoms with Crippen molar-refractivity contribution in [3.63, 3.8) is 0 Å². The molecule has 0 fully saturated rings. The fourth-order valence-corrected chi connectivity index (χ4v) is 2.52. The summed E-state index contributed by atoms with van der Waals surface area (Å²) in [6.07, 6.45) is 5.06. The summed E-state index contributed by atoms with van der Waals surface area (Å²) in [6.45, 7) is 6.43. The molecule has 2 aromatic rings. The third-order valence-electron chi connectivity index (χ3n) is 3.66. The molecule has 2 heterocycles. The van der Waals surface area contributed by atoms with Crippen molar-refractivity contribution >= 4 is 29.1 Å². The molecule has 2 rings (SSSR count). The van der Waals surface area contributed by atoms with E-state index in [1.54, 1.807) is 13.2 Å². The molecule has 0 aliphatic heterocycles. The summed E-state index contributed by atoms with van der Waals surface area (Å²) in [5.74, 6) is -0.239. The second kappa shape index (κ2) is 8.15. The van der Waals surface area contributed by atoms with Gasteiger partial charge in [-0.25, -0.2) is 0 Å². The molecule has 25 heavy (non-hydrogen) atoms. The van der Waals surface area contributed by atoms with Crippen molar-refractivity contribution < 1.29 is 9.59 Å². The van der Waals surface area contributed by atoms with Crippen LogP contribution < -0.4 is 10.6 Å². The van der Waals surface area contributed by atoms with Gasteiger partial charge in [0, 0.05) is 19.8 Å². The molecule has 1 atom stereocenters. The second-order valence-electron chi connectivity index (χ2n) is 6.19. The maximum atomic E-state index is 12.6. The maximum absolute atomic E-state index is 12.6. The summed E-state index contributed by atoms with van der Waals surface area (Å²) in [7, 11) is 1.66. The number of hydrogen-bond acceptors (Lipinski definition) is 4. The zero-order valence-corrected chi connectivity index (χ0v) is 15.5. The van der Waals surface area contributed by atoms with Gasteiger partial charge in [-0.15, -0.1) is 0 Å². The smallest absolute Gasteiger partial charge is 0.271 e. The first kappa shape index (κ1) is 19.0. The predicted octanol–water partition coefficient (Wildman–Crippen LogP) is 2.25. The Labute approximate surface area is 151 Å². The molecule has 0 aliphatic carbocycles. The minimum absolute atomic E-state index is 0.279. The summed E-state index contributed by atoms with van der Waals surface area (Å²) in [5.41, 5.74) is 0.674. The fraction of sp³-hybridized carbons (Fsp3) is 0.500. The highest BCUT2D eigenvalue weighted by atomic mass is 35.5. The molecule has 0 saturated heterocycles. The average Bonchev–Trinajstić information content (AvgIpc) is 3.12. The molecular formula is C16H23ClN6O2. The fourth-order valence-electron chi connectivity index (χ4n) is 2.37. The van der Waals surface area contributed by atoms with E-state index in [0.717, 1.165) is 0 Å². The summed E-state index contributed by atoms with van der Waals surface area (Å²) in [5, 5.41) is 14.2. The van der Waals surface area contributed by atoms with E-state index in [2.05, 4.69) is 20.8 Å². The summed E-state index contributed by atoms with van der Waals surface area (Å²) >= 11 is 5.88. The van der Waals surface area contributed by atoms with Crippen LogP contribution in [-0.2, 0) is 11.8 Å². The Morgan fingerprint density at radius 3 is 2.56 bits per heavy atom. The maximum Gasteiger partial charge on any atom is 0.271 e. The highest BCUT2D eigenvalue weighted by Crippen LogP contribution is 2.19. The molecule has 2 amide bonds. The van der Waals surface area contributed by atoms with Crippen LogP contribution in [0.3, 0.4) is 0 Å². The Morgan fingerprint density at radius 2 is 2.00 bits per heavy atom. The number of halogens is 1. The SMILES string of the molecule is CCC(C(=O)Nc1cnn(C)c1C(=O)NCC(C)C)n1cc(Cl)cn1. The monoisotopic (exact) mass is 366 g/mol. The highest BCUT2D eigenvalue weighted by molar-refractivity contribution is 6.30. The van der Waals surface area contributed by atoms with Gasteiger partial charge < -0.3 is 10.6 Å². The lowest BCUT2D eigenvalue weighted by Crippen LogP contribution is -2.31. The van der Waals surface area contributed by atoms with Crippen LogP contribution in [0.5, 0.6) is 0 Å². The van der Waals surface area contributed by atoms with Crippen molar-refractivity contribution in [1.82, 2.24) is 24.9 Å². The zero-order valence-electron chi connectivity index (χ0n) is 14.8. The van der Waals surface area contributed by atoms with Crippen LogP contribution in [0.25, 0.3) is 0 Å². The molecule has 0 saturated carbocycles. The van der Waals surface area contributed by atoms with Gasteiger partial charge in [-0.1, -0.05) is 32.4 Å². The van der Waals surface area contributed by atoms with Gasteiger partial charge in [0.2, 0.25) is 5.91 Å². The molecule has 1 unspecified atom stereocenters. The number of rotatable bonds is 7. The van der Waals surface area contributed by atoms with Crippen molar-refractivity contribution in [3.8, 4) is 0 Å². The second-order valence-corrected chi connectivity index (χ2v) is 6.62. The average molecular weight is 367 g/mol. The molecule has 136 valence electrons. The number of hydrogen-bond donors (Lipinski definition) is 2.